The van der Waals surface area contributed by atoms with Crippen LogP contribution in [0, 0.1) is 0 Å². The number of ether oxygens (including phenoxy) is 1. The monoisotopic (exact) mass is 340 g/mol. The maximum Gasteiger partial charge on any atom is 0.244 e. The van der Waals surface area contributed by atoms with Gasteiger partial charge in [0.2, 0.25) is 11.8 Å². The highest BCUT2D eigenvalue weighted by molar-refractivity contribution is 6.02. The molecule has 1 N–H and O–H groups in total. The molecule has 0 unspecified atom stereocenters. The van der Waals surface area contributed by atoms with Gasteiger partial charge in [0.25, 0.3) is 0 Å². The van der Waals surface area contributed by atoms with E-state index in [1.165, 1.54) is 11.8 Å². The quantitative estimate of drug-likeness (QED) is 0.837. The molecule has 0 heterocycles. The molecule has 0 aliphatic carbocycles. The number of carbonyl (C=O) groups is 2. The minimum atomic E-state index is -0.248. The molecule has 5 nitrogen and oxygen atoms in total. The van der Waals surface area contributed by atoms with Crippen molar-refractivity contribution in [2.75, 3.05) is 23.4 Å². The summed E-state index contributed by atoms with van der Waals surface area (Å²) in [6.07, 6.45) is 0.819. The van der Waals surface area contributed by atoms with Crippen molar-refractivity contribution in [2.24, 2.45) is 0 Å². The summed E-state index contributed by atoms with van der Waals surface area (Å²) < 4.78 is 5.58. The molecule has 0 fully saturated rings. The molecule has 0 aliphatic rings. The third kappa shape index (κ3) is 4.83. The van der Waals surface area contributed by atoms with Crippen molar-refractivity contribution in [2.45, 2.75) is 27.2 Å². The number of amides is 2. The first kappa shape index (κ1) is 18.5. The van der Waals surface area contributed by atoms with E-state index in [-0.39, 0.29) is 18.4 Å². The van der Waals surface area contributed by atoms with Gasteiger partial charge in [-0.2, -0.15) is 0 Å². The fourth-order valence-corrected chi connectivity index (χ4v) is 2.61. The summed E-state index contributed by atoms with van der Waals surface area (Å²) in [4.78, 5) is 26.0. The fraction of sp³-hybridized carbons (Fsp3) is 0.300. The van der Waals surface area contributed by atoms with E-state index in [9.17, 15) is 9.59 Å². The van der Waals surface area contributed by atoms with Crippen LogP contribution in [0.2, 0.25) is 0 Å². The molecule has 0 aromatic heterocycles. The lowest BCUT2D eigenvalue weighted by atomic mass is 10.1. The summed E-state index contributed by atoms with van der Waals surface area (Å²) in [6, 6.07) is 14.9. The van der Waals surface area contributed by atoms with Crippen molar-refractivity contribution in [1.82, 2.24) is 0 Å². The van der Waals surface area contributed by atoms with Gasteiger partial charge in [-0.25, -0.2) is 0 Å². The first-order chi connectivity index (χ1) is 12.1. The summed E-state index contributed by atoms with van der Waals surface area (Å²) in [5, 5.41) is 2.89. The second-order valence-corrected chi connectivity index (χ2v) is 5.56. The van der Waals surface area contributed by atoms with Gasteiger partial charge in [0.15, 0.2) is 0 Å². The van der Waals surface area contributed by atoms with E-state index in [4.69, 9.17) is 4.74 Å². The van der Waals surface area contributed by atoms with Gasteiger partial charge in [0, 0.05) is 12.6 Å². The first-order valence-corrected chi connectivity index (χ1v) is 8.44. The molecule has 0 atom stereocenters. The molecule has 132 valence electrons. The smallest absolute Gasteiger partial charge is 0.244 e. The molecule has 0 bridgehead atoms. The number of nitrogens with zero attached hydrogens (tertiary/aromatic N) is 1. The Hall–Kier alpha value is -2.82. The molecular weight excluding hydrogens is 316 g/mol. The van der Waals surface area contributed by atoms with E-state index in [2.05, 4.69) is 5.32 Å². The molecule has 2 rings (SSSR count). The minimum absolute atomic E-state index is 0.0720. The minimum Gasteiger partial charge on any atom is -0.492 e. The van der Waals surface area contributed by atoms with Crippen LogP contribution < -0.4 is 15.0 Å². The molecule has 0 saturated carbocycles. The lowest BCUT2D eigenvalue weighted by Crippen LogP contribution is -2.37. The zero-order valence-corrected chi connectivity index (χ0v) is 14.9. The van der Waals surface area contributed by atoms with Gasteiger partial charge in [-0.05, 0) is 37.1 Å². The Bertz CT molecular complexity index is 743. The fourth-order valence-electron chi connectivity index (χ4n) is 2.61. The Morgan fingerprint density at radius 1 is 1.04 bits per heavy atom. The number of hydrogen-bond acceptors (Lipinski definition) is 3. The third-order valence-electron chi connectivity index (χ3n) is 3.81. The summed E-state index contributed by atoms with van der Waals surface area (Å²) >= 11 is 0. The number of hydrogen-bond donors (Lipinski definition) is 1. The second-order valence-electron chi connectivity index (χ2n) is 5.56. The molecule has 5 heteroatoms. The Labute approximate surface area is 148 Å². The van der Waals surface area contributed by atoms with Crippen molar-refractivity contribution in [3.63, 3.8) is 0 Å². The van der Waals surface area contributed by atoms with Crippen molar-refractivity contribution in [3.05, 3.63) is 54.1 Å². The highest BCUT2D eigenvalue weighted by Crippen LogP contribution is 2.28. The lowest BCUT2D eigenvalue weighted by Gasteiger charge is -2.23. The SMILES string of the molecule is CCOc1ccccc1N(CC(=O)Nc1ccccc1CC)C(C)=O. The van der Waals surface area contributed by atoms with Gasteiger partial charge in [-0.1, -0.05) is 37.3 Å². The lowest BCUT2D eigenvalue weighted by molar-refractivity contribution is -0.120. The van der Waals surface area contributed by atoms with Gasteiger partial charge in [0.05, 0.1) is 12.3 Å². The van der Waals surface area contributed by atoms with Gasteiger partial charge in [-0.3, -0.25) is 14.5 Å². The van der Waals surface area contributed by atoms with Crippen LogP contribution in [0.4, 0.5) is 11.4 Å². The summed E-state index contributed by atoms with van der Waals surface area (Å²) in [6.45, 7) is 5.76. The molecule has 2 aromatic rings. The van der Waals surface area contributed by atoms with Gasteiger partial charge in [0.1, 0.15) is 12.3 Å². The summed E-state index contributed by atoms with van der Waals surface area (Å²) in [5.74, 6) is 0.121. The zero-order valence-electron chi connectivity index (χ0n) is 14.9. The van der Waals surface area contributed by atoms with E-state index in [0.717, 1.165) is 17.7 Å². The van der Waals surface area contributed by atoms with Crippen molar-refractivity contribution in [3.8, 4) is 5.75 Å². The average molecular weight is 340 g/mol. The molecule has 25 heavy (non-hydrogen) atoms. The van der Waals surface area contributed by atoms with Crippen molar-refractivity contribution < 1.29 is 14.3 Å². The van der Waals surface area contributed by atoms with Gasteiger partial charge < -0.3 is 10.1 Å². The Morgan fingerprint density at radius 3 is 2.40 bits per heavy atom. The highest BCUT2D eigenvalue weighted by Gasteiger charge is 2.19. The summed E-state index contributed by atoms with van der Waals surface area (Å²) in [7, 11) is 0. The van der Waals surface area contributed by atoms with Gasteiger partial charge in [-0.15, -0.1) is 0 Å². The van der Waals surface area contributed by atoms with Crippen molar-refractivity contribution >= 4 is 23.2 Å². The largest absolute Gasteiger partial charge is 0.492 e. The Balaban J connectivity index is 2.19. The molecule has 0 spiro atoms. The number of benzene rings is 2. The molecule has 0 radical (unpaired) electrons. The normalized spacial score (nSPS) is 10.2. The standard InChI is InChI=1S/C20H24N2O3/c1-4-16-10-6-7-11-17(16)21-20(24)14-22(15(3)23)18-12-8-9-13-19(18)25-5-2/h6-13H,4-5,14H2,1-3H3,(H,21,24). The Morgan fingerprint density at radius 2 is 1.72 bits per heavy atom. The van der Waals surface area contributed by atoms with E-state index >= 15 is 0 Å². The zero-order chi connectivity index (χ0) is 18.2. The maximum atomic E-state index is 12.5. The molecule has 2 amide bonds. The predicted octanol–water partition coefficient (Wildman–Crippen LogP) is 3.64. The number of nitrogens with one attached hydrogen (secondary N) is 1. The topological polar surface area (TPSA) is 58.6 Å². The summed E-state index contributed by atoms with van der Waals surface area (Å²) in [5.41, 5.74) is 2.42. The predicted molar refractivity (Wildman–Crippen MR) is 100 cm³/mol. The van der Waals surface area contributed by atoms with E-state index in [1.807, 2.05) is 50.2 Å². The van der Waals surface area contributed by atoms with Crippen LogP contribution in [0.3, 0.4) is 0 Å². The second kappa shape index (κ2) is 8.87. The number of para-hydroxylation sites is 3. The van der Waals surface area contributed by atoms with Crippen LogP contribution >= 0.6 is 0 Å². The number of carbonyl (C=O) groups excluding carboxylic acids is 2. The molecular formula is C20H24N2O3. The van der Waals surface area contributed by atoms with Crippen LogP contribution in [-0.4, -0.2) is 25.0 Å². The maximum absolute atomic E-state index is 12.5. The van der Waals surface area contributed by atoms with Crippen LogP contribution in [0.25, 0.3) is 0 Å². The van der Waals surface area contributed by atoms with Crippen LogP contribution in [-0.2, 0) is 16.0 Å². The number of aryl methyl sites for hydroxylation is 1. The van der Waals surface area contributed by atoms with E-state index in [0.29, 0.717) is 18.0 Å². The molecule has 0 aliphatic heterocycles. The first-order valence-electron chi connectivity index (χ1n) is 8.44. The number of anilines is 2. The van der Waals surface area contributed by atoms with Crippen LogP contribution in [0.5, 0.6) is 5.75 Å². The average Bonchev–Trinajstić information content (AvgIpc) is 2.61. The molecule has 2 aromatic carbocycles. The van der Waals surface area contributed by atoms with Gasteiger partial charge >= 0.3 is 0 Å². The Kier molecular flexibility index (Phi) is 6.57. The highest BCUT2D eigenvalue weighted by atomic mass is 16.5. The molecule has 0 saturated heterocycles. The van der Waals surface area contributed by atoms with E-state index in [1.54, 1.807) is 12.1 Å². The van der Waals surface area contributed by atoms with E-state index < -0.39 is 0 Å². The van der Waals surface area contributed by atoms with Crippen molar-refractivity contribution in [1.29, 1.82) is 0 Å². The third-order valence-corrected chi connectivity index (χ3v) is 3.81. The number of rotatable bonds is 7. The van der Waals surface area contributed by atoms with Crippen LogP contribution in [0.1, 0.15) is 26.3 Å². The van der Waals surface area contributed by atoms with Crippen LogP contribution in [0.15, 0.2) is 48.5 Å².